The van der Waals surface area contributed by atoms with E-state index in [2.05, 4.69) is 22.2 Å². The number of rotatable bonds is 3. The topological polar surface area (TPSA) is 80.5 Å². The van der Waals surface area contributed by atoms with E-state index < -0.39 is 0 Å². The Kier molecular flexibility index (Phi) is 3.26. The molecule has 0 bridgehead atoms. The monoisotopic (exact) mass is 316 g/mol. The quantitative estimate of drug-likeness (QED) is 0.932. The lowest BCUT2D eigenvalue weighted by molar-refractivity contribution is 0.0303. The van der Waals surface area contributed by atoms with Crippen LogP contribution in [0.3, 0.4) is 0 Å². The van der Waals surface area contributed by atoms with Gasteiger partial charge in [0, 0.05) is 18.6 Å². The summed E-state index contributed by atoms with van der Waals surface area (Å²) >= 11 is 0. The smallest absolute Gasteiger partial charge is 0.258 e. The third-order valence-corrected chi connectivity index (χ3v) is 4.49. The first-order chi connectivity index (χ1) is 11.1. The molecule has 1 saturated carbocycles. The van der Waals surface area contributed by atoms with Gasteiger partial charge in [0.25, 0.3) is 5.91 Å². The number of aromatic nitrogens is 2. The fourth-order valence-electron chi connectivity index (χ4n) is 2.83. The molecule has 2 aromatic rings. The van der Waals surface area contributed by atoms with Gasteiger partial charge >= 0.3 is 0 Å². The largest absolute Gasteiger partial charge is 0.445 e. The Bertz CT molecular complexity index is 760. The van der Waals surface area contributed by atoms with E-state index in [-0.39, 0.29) is 11.4 Å². The molecule has 1 aliphatic carbocycles. The number of hydrogen-bond acceptors (Lipinski definition) is 6. The predicted molar refractivity (Wildman–Crippen MR) is 84.5 cm³/mol. The second kappa shape index (κ2) is 5.19. The highest BCUT2D eigenvalue weighted by Crippen LogP contribution is 2.40. The van der Waals surface area contributed by atoms with Crippen LogP contribution in [0.25, 0.3) is 11.1 Å². The number of ether oxygens (including phenoxy) is 1. The molecule has 7 heteroatoms. The maximum Gasteiger partial charge on any atom is 0.258 e. The Morgan fingerprint density at radius 3 is 2.74 bits per heavy atom. The summed E-state index contributed by atoms with van der Waals surface area (Å²) in [7, 11) is 0. The summed E-state index contributed by atoms with van der Waals surface area (Å²) in [5.41, 5.74) is 1.04. The van der Waals surface area contributed by atoms with Crippen LogP contribution in [-0.4, -0.2) is 52.6 Å². The minimum Gasteiger partial charge on any atom is -0.445 e. The molecule has 7 nitrogen and oxygen atoms in total. The number of hydrogen-bond donors (Lipinski definition) is 1. The molecule has 0 aromatic carbocycles. The lowest BCUT2D eigenvalue weighted by Crippen LogP contribution is -2.40. The second-order valence-electron chi connectivity index (χ2n) is 6.54. The third-order valence-electron chi connectivity index (χ3n) is 4.49. The van der Waals surface area contributed by atoms with E-state index in [0.717, 1.165) is 12.8 Å². The number of furan rings is 1. The number of amides is 1. The Hall–Kier alpha value is -2.15. The van der Waals surface area contributed by atoms with Crippen LogP contribution in [0.5, 0.6) is 0 Å². The molecular formula is C16H20N4O3. The molecule has 0 atom stereocenters. The van der Waals surface area contributed by atoms with Crippen LogP contribution in [0.4, 0.5) is 5.82 Å². The highest BCUT2D eigenvalue weighted by molar-refractivity contribution is 6.09. The zero-order chi connectivity index (χ0) is 16.0. The van der Waals surface area contributed by atoms with Crippen molar-refractivity contribution in [2.24, 2.45) is 0 Å². The molecule has 0 unspecified atom stereocenters. The van der Waals surface area contributed by atoms with Crippen molar-refractivity contribution in [3.05, 3.63) is 17.7 Å². The molecule has 0 spiro atoms. The second-order valence-corrected chi connectivity index (χ2v) is 6.54. The predicted octanol–water partition coefficient (Wildman–Crippen LogP) is 1.97. The number of carbonyl (C=O) groups excluding carboxylic acids is 1. The van der Waals surface area contributed by atoms with Crippen LogP contribution in [0, 0.1) is 6.92 Å². The maximum atomic E-state index is 12.8. The Labute approximate surface area is 134 Å². The van der Waals surface area contributed by atoms with Gasteiger partial charge < -0.3 is 19.4 Å². The summed E-state index contributed by atoms with van der Waals surface area (Å²) in [6, 6.07) is 0. The van der Waals surface area contributed by atoms with E-state index in [9.17, 15) is 4.79 Å². The Morgan fingerprint density at radius 2 is 2.04 bits per heavy atom. The summed E-state index contributed by atoms with van der Waals surface area (Å²) in [5, 5.41) is 4.13. The SMILES string of the molecule is Cc1nc(NC2(C)CC2)c2c(C(=O)N3CCOCC3)coc2n1. The fraction of sp³-hybridized carbons (Fsp3) is 0.562. The molecule has 1 saturated heterocycles. The molecule has 1 amide bonds. The van der Waals surface area contributed by atoms with Crippen molar-refractivity contribution < 1.29 is 13.9 Å². The molecule has 122 valence electrons. The summed E-state index contributed by atoms with van der Waals surface area (Å²) < 4.78 is 10.9. The van der Waals surface area contributed by atoms with Crippen LogP contribution in [0.15, 0.2) is 10.7 Å². The summed E-state index contributed by atoms with van der Waals surface area (Å²) in [6.07, 6.45) is 3.70. The highest BCUT2D eigenvalue weighted by Gasteiger charge is 2.38. The lowest BCUT2D eigenvalue weighted by atomic mass is 10.2. The van der Waals surface area contributed by atoms with E-state index in [1.807, 2.05) is 6.92 Å². The minimum atomic E-state index is -0.0523. The van der Waals surface area contributed by atoms with Gasteiger partial charge in [-0.2, -0.15) is 4.98 Å². The minimum absolute atomic E-state index is 0.0523. The van der Waals surface area contributed by atoms with E-state index in [0.29, 0.717) is 54.6 Å². The molecule has 2 aliphatic rings. The summed E-state index contributed by atoms with van der Waals surface area (Å²) in [5.74, 6) is 1.27. The number of morpholine rings is 1. The Balaban J connectivity index is 1.76. The summed E-state index contributed by atoms with van der Waals surface area (Å²) in [6.45, 7) is 6.31. The number of anilines is 1. The molecule has 1 N–H and O–H groups in total. The van der Waals surface area contributed by atoms with Crippen LogP contribution in [0.1, 0.15) is 35.9 Å². The normalized spacial score (nSPS) is 19.8. The van der Waals surface area contributed by atoms with Crippen LogP contribution in [0.2, 0.25) is 0 Å². The molecule has 0 radical (unpaired) electrons. The van der Waals surface area contributed by atoms with E-state index >= 15 is 0 Å². The average molecular weight is 316 g/mol. The van der Waals surface area contributed by atoms with Crippen molar-refractivity contribution in [1.29, 1.82) is 0 Å². The van der Waals surface area contributed by atoms with Crippen molar-refractivity contribution in [2.45, 2.75) is 32.2 Å². The van der Waals surface area contributed by atoms with Gasteiger partial charge in [-0.25, -0.2) is 4.98 Å². The van der Waals surface area contributed by atoms with Crippen molar-refractivity contribution in [1.82, 2.24) is 14.9 Å². The molecule has 23 heavy (non-hydrogen) atoms. The van der Waals surface area contributed by atoms with Crippen molar-refractivity contribution in [3.8, 4) is 0 Å². The first-order valence-corrected chi connectivity index (χ1v) is 7.97. The van der Waals surface area contributed by atoms with E-state index in [1.54, 1.807) is 4.90 Å². The average Bonchev–Trinajstić information content (AvgIpc) is 3.10. The zero-order valence-electron chi connectivity index (χ0n) is 13.4. The van der Waals surface area contributed by atoms with Crippen molar-refractivity contribution in [3.63, 3.8) is 0 Å². The number of nitrogens with zero attached hydrogens (tertiary/aromatic N) is 3. The first kappa shape index (κ1) is 14.4. The standard InChI is InChI=1S/C16H20N4O3/c1-10-17-13(19-16(2)3-4-16)12-11(9-23-14(12)18-10)15(21)20-5-7-22-8-6-20/h9H,3-8H2,1-2H3,(H,17,18,19). The van der Waals surface area contributed by atoms with Gasteiger partial charge in [-0.15, -0.1) is 0 Å². The van der Waals surface area contributed by atoms with Gasteiger partial charge in [-0.3, -0.25) is 4.79 Å². The van der Waals surface area contributed by atoms with Gasteiger partial charge in [0.15, 0.2) is 0 Å². The fourth-order valence-corrected chi connectivity index (χ4v) is 2.83. The highest BCUT2D eigenvalue weighted by atomic mass is 16.5. The summed E-state index contributed by atoms with van der Waals surface area (Å²) in [4.78, 5) is 23.4. The van der Waals surface area contributed by atoms with Gasteiger partial charge in [0.1, 0.15) is 17.9 Å². The van der Waals surface area contributed by atoms with Gasteiger partial charge in [0.05, 0.1) is 24.2 Å². The number of aryl methyl sites for hydroxylation is 1. The van der Waals surface area contributed by atoms with Crippen LogP contribution >= 0.6 is 0 Å². The third kappa shape index (κ3) is 2.65. The molecule has 4 rings (SSSR count). The van der Waals surface area contributed by atoms with Crippen molar-refractivity contribution in [2.75, 3.05) is 31.6 Å². The molecule has 2 fully saturated rings. The van der Waals surface area contributed by atoms with Crippen LogP contribution in [-0.2, 0) is 4.74 Å². The van der Waals surface area contributed by atoms with E-state index in [4.69, 9.17) is 9.15 Å². The van der Waals surface area contributed by atoms with Crippen LogP contribution < -0.4 is 5.32 Å². The van der Waals surface area contributed by atoms with Crippen molar-refractivity contribution >= 4 is 22.8 Å². The van der Waals surface area contributed by atoms with E-state index in [1.165, 1.54) is 6.26 Å². The number of fused-ring (bicyclic) bond motifs is 1. The van der Waals surface area contributed by atoms with Gasteiger partial charge in [-0.05, 0) is 26.7 Å². The van der Waals surface area contributed by atoms with Gasteiger partial charge in [-0.1, -0.05) is 0 Å². The zero-order valence-corrected chi connectivity index (χ0v) is 13.4. The number of carbonyl (C=O) groups is 1. The molecular weight excluding hydrogens is 296 g/mol. The molecule has 3 heterocycles. The molecule has 1 aliphatic heterocycles. The number of nitrogens with one attached hydrogen (secondary N) is 1. The first-order valence-electron chi connectivity index (χ1n) is 7.97. The Morgan fingerprint density at radius 1 is 1.30 bits per heavy atom. The lowest BCUT2D eigenvalue weighted by Gasteiger charge is -2.26. The maximum absolute atomic E-state index is 12.8. The van der Waals surface area contributed by atoms with Gasteiger partial charge in [0.2, 0.25) is 5.71 Å². The molecule has 2 aromatic heterocycles.